The molecule has 1 unspecified atom stereocenters. The van der Waals surface area contributed by atoms with E-state index >= 15 is 0 Å². The average molecular weight is 435 g/mol. The molecule has 3 atom stereocenters. The normalized spacial score (nSPS) is 24.9. The number of rotatable bonds is 9. The maximum absolute atomic E-state index is 13.2. The summed E-state index contributed by atoms with van der Waals surface area (Å²) in [5, 5.41) is 5.46. The Kier molecular flexibility index (Phi) is 7.73. The van der Waals surface area contributed by atoms with E-state index in [0.717, 1.165) is 44.9 Å². The minimum absolute atomic E-state index is 0.0833. The average Bonchev–Trinajstić information content (AvgIpc) is 3.43. The molecular weight excluding hydrogens is 396 g/mol. The number of nitrogens with one attached hydrogen (secondary N) is 2. The molecule has 0 bridgehead atoms. The van der Waals surface area contributed by atoms with Gasteiger partial charge in [-0.3, -0.25) is 19.2 Å². The van der Waals surface area contributed by atoms with Gasteiger partial charge in [0.2, 0.25) is 17.6 Å². The molecule has 8 heteroatoms. The summed E-state index contributed by atoms with van der Waals surface area (Å²) in [7, 11) is 0. The van der Waals surface area contributed by atoms with Crippen molar-refractivity contribution in [2.45, 2.75) is 109 Å². The third-order valence-electron chi connectivity index (χ3n) is 7.20. The van der Waals surface area contributed by atoms with E-state index in [9.17, 15) is 19.2 Å². The third-order valence-corrected chi connectivity index (χ3v) is 7.20. The smallest absolute Gasteiger partial charge is 0.289 e. The SMILES string of the molecule is CCCC(NC(=O)[C@@H]1CCCN1C(=O)[C@@H](N)C1(C)CCCCC1)C(=O)C(=O)NC1CC1. The second-order valence-corrected chi connectivity index (χ2v) is 9.84. The fourth-order valence-corrected chi connectivity index (χ4v) is 4.92. The fourth-order valence-electron chi connectivity index (χ4n) is 4.92. The molecule has 0 aromatic rings. The second kappa shape index (κ2) is 10.1. The summed E-state index contributed by atoms with van der Waals surface area (Å²) in [6, 6.07) is -2.04. The Morgan fingerprint density at radius 2 is 1.74 bits per heavy atom. The highest BCUT2D eigenvalue weighted by molar-refractivity contribution is 6.38. The van der Waals surface area contributed by atoms with Crippen LogP contribution in [0.3, 0.4) is 0 Å². The number of amides is 3. The number of hydrogen-bond acceptors (Lipinski definition) is 5. The molecule has 4 N–H and O–H groups in total. The number of ketones is 1. The molecule has 3 amide bonds. The summed E-state index contributed by atoms with van der Waals surface area (Å²) in [4.78, 5) is 52.7. The Labute approximate surface area is 185 Å². The largest absolute Gasteiger partial charge is 0.347 e. The fraction of sp³-hybridized carbons (Fsp3) is 0.826. The number of Topliss-reactive ketones (excluding diaryl/α,β-unsaturated/α-hetero) is 1. The number of nitrogens with two attached hydrogens (primary N) is 1. The molecule has 1 saturated heterocycles. The van der Waals surface area contributed by atoms with Crippen molar-refractivity contribution in [3.8, 4) is 0 Å². The van der Waals surface area contributed by atoms with Gasteiger partial charge in [0, 0.05) is 12.6 Å². The lowest BCUT2D eigenvalue weighted by molar-refractivity contribution is -0.144. The molecule has 31 heavy (non-hydrogen) atoms. The summed E-state index contributed by atoms with van der Waals surface area (Å²) in [5.41, 5.74) is 6.19. The van der Waals surface area contributed by atoms with E-state index in [1.165, 1.54) is 6.42 Å². The highest BCUT2D eigenvalue weighted by Crippen LogP contribution is 2.39. The van der Waals surface area contributed by atoms with Crippen molar-refractivity contribution in [3.05, 3.63) is 0 Å². The first-order valence-electron chi connectivity index (χ1n) is 12.0. The lowest BCUT2D eigenvalue weighted by atomic mass is 9.70. The molecule has 2 saturated carbocycles. The van der Waals surface area contributed by atoms with E-state index < -0.39 is 29.8 Å². The molecule has 1 aliphatic heterocycles. The molecule has 0 aromatic heterocycles. The highest BCUT2D eigenvalue weighted by Gasteiger charge is 2.44. The van der Waals surface area contributed by atoms with Crippen LogP contribution in [0.4, 0.5) is 0 Å². The molecule has 2 aliphatic carbocycles. The maximum atomic E-state index is 13.2. The summed E-state index contributed by atoms with van der Waals surface area (Å²) < 4.78 is 0. The van der Waals surface area contributed by atoms with Gasteiger partial charge >= 0.3 is 0 Å². The van der Waals surface area contributed by atoms with Crippen LogP contribution >= 0.6 is 0 Å². The van der Waals surface area contributed by atoms with Crippen LogP contribution in [0.25, 0.3) is 0 Å². The Bertz CT molecular complexity index is 700. The van der Waals surface area contributed by atoms with Crippen molar-refractivity contribution in [1.29, 1.82) is 0 Å². The quantitative estimate of drug-likeness (QED) is 0.474. The predicted octanol–water partition coefficient (Wildman–Crippen LogP) is 1.41. The zero-order valence-electron chi connectivity index (χ0n) is 19.0. The van der Waals surface area contributed by atoms with E-state index in [-0.39, 0.29) is 23.3 Å². The molecule has 0 aromatic carbocycles. The highest BCUT2D eigenvalue weighted by atomic mass is 16.2. The molecule has 174 valence electrons. The van der Waals surface area contributed by atoms with E-state index in [0.29, 0.717) is 25.8 Å². The number of nitrogens with zero attached hydrogens (tertiary/aromatic N) is 1. The first-order chi connectivity index (χ1) is 14.8. The van der Waals surface area contributed by atoms with E-state index in [2.05, 4.69) is 17.6 Å². The number of likely N-dealkylation sites (tertiary alicyclic amines) is 1. The molecule has 3 aliphatic rings. The Hall–Kier alpha value is -1.96. The third kappa shape index (κ3) is 5.64. The standard InChI is InChI=1S/C23H38N4O4/c1-3-8-16(18(28)21(30)25-15-10-11-15)26-20(29)17-9-7-14-27(17)22(31)19(24)23(2)12-5-4-6-13-23/h15-17,19H,3-14,24H2,1-2H3,(H,25,30)(H,26,29)/t16?,17-,19+/m0/s1. The second-order valence-electron chi connectivity index (χ2n) is 9.84. The summed E-state index contributed by atoms with van der Waals surface area (Å²) in [6.45, 7) is 4.48. The van der Waals surface area contributed by atoms with Crippen LogP contribution in [0.1, 0.15) is 84.5 Å². The Balaban J connectivity index is 1.63. The van der Waals surface area contributed by atoms with Crippen LogP contribution in [0.5, 0.6) is 0 Å². The van der Waals surface area contributed by atoms with Crippen LogP contribution in [0.2, 0.25) is 0 Å². The molecule has 1 heterocycles. The van der Waals surface area contributed by atoms with Crippen LogP contribution in [0.15, 0.2) is 0 Å². The topological polar surface area (TPSA) is 122 Å². The lowest BCUT2D eigenvalue weighted by Crippen LogP contribution is -2.58. The van der Waals surface area contributed by atoms with Gasteiger partial charge in [-0.25, -0.2) is 0 Å². The van der Waals surface area contributed by atoms with Crippen LogP contribution in [-0.4, -0.2) is 59.1 Å². The van der Waals surface area contributed by atoms with Gasteiger partial charge in [0.25, 0.3) is 5.91 Å². The first kappa shape index (κ1) is 23.7. The summed E-state index contributed by atoms with van der Waals surface area (Å²) >= 11 is 0. The van der Waals surface area contributed by atoms with E-state index in [1.54, 1.807) is 4.90 Å². The molecule has 3 rings (SSSR count). The van der Waals surface area contributed by atoms with Gasteiger partial charge in [0.1, 0.15) is 6.04 Å². The van der Waals surface area contributed by atoms with E-state index in [4.69, 9.17) is 5.73 Å². The van der Waals surface area contributed by atoms with Gasteiger partial charge in [0.15, 0.2) is 0 Å². The zero-order chi connectivity index (χ0) is 22.6. The maximum Gasteiger partial charge on any atom is 0.289 e. The minimum atomic E-state index is -0.863. The predicted molar refractivity (Wildman–Crippen MR) is 117 cm³/mol. The van der Waals surface area contributed by atoms with Crippen molar-refractivity contribution in [2.75, 3.05) is 6.54 Å². The summed E-state index contributed by atoms with van der Waals surface area (Å²) in [5.74, 6) is -1.78. The summed E-state index contributed by atoms with van der Waals surface area (Å²) in [6.07, 6.45) is 9.27. The Morgan fingerprint density at radius 3 is 2.35 bits per heavy atom. The number of carbonyl (C=O) groups excluding carboxylic acids is 4. The van der Waals surface area contributed by atoms with Gasteiger partial charge in [0.05, 0.1) is 12.1 Å². The molecule has 0 radical (unpaired) electrons. The Morgan fingerprint density at radius 1 is 1.06 bits per heavy atom. The van der Waals surface area contributed by atoms with Crippen LogP contribution < -0.4 is 16.4 Å². The van der Waals surface area contributed by atoms with Gasteiger partial charge in [-0.05, 0) is 50.4 Å². The van der Waals surface area contributed by atoms with Crippen molar-refractivity contribution in [1.82, 2.24) is 15.5 Å². The van der Waals surface area contributed by atoms with Gasteiger partial charge in [-0.1, -0.05) is 39.5 Å². The minimum Gasteiger partial charge on any atom is -0.347 e. The van der Waals surface area contributed by atoms with Crippen molar-refractivity contribution < 1.29 is 19.2 Å². The van der Waals surface area contributed by atoms with Crippen molar-refractivity contribution >= 4 is 23.5 Å². The number of hydrogen-bond donors (Lipinski definition) is 3. The molecule has 8 nitrogen and oxygen atoms in total. The lowest BCUT2D eigenvalue weighted by Gasteiger charge is -2.40. The molecule has 3 fully saturated rings. The van der Waals surface area contributed by atoms with Crippen LogP contribution in [0, 0.1) is 5.41 Å². The monoisotopic (exact) mass is 434 g/mol. The van der Waals surface area contributed by atoms with Crippen molar-refractivity contribution in [3.63, 3.8) is 0 Å². The number of carbonyl (C=O) groups is 4. The van der Waals surface area contributed by atoms with Crippen LogP contribution in [-0.2, 0) is 19.2 Å². The zero-order valence-corrected chi connectivity index (χ0v) is 19.0. The van der Waals surface area contributed by atoms with Gasteiger partial charge in [-0.15, -0.1) is 0 Å². The molecular formula is C23H38N4O4. The van der Waals surface area contributed by atoms with E-state index in [1.807, 2.05) is 6.92 Å². The van der Waals surface area contributed by atoms with Gasteiger partial charge < -0.3 is 21.3 Å². The van der Waals surface area contributed by atoms with Crippen molar-refractivity contribution in [2.24, 2.45) is 11.1 Å². The first-order valence-corrected chi connectivity index (χ1v) is 12.0. The van der Waals surface area contributed by atoms with Gasteiger partial charge in [-0.2, -0.15) is 0 Å². The molecule has 0 spiro atoms.